The van der Waals surface area contributed by atoms with E-state index in [9.17, 15) is 24.0 Å². The fourth-order valence-corrected chi connectivity index (χ4v) is 3.15. The van der Waals surface area contributed by atoms with Crippen LogP contribution in [-0.2, 0) is 52.4 Å². The molecule has 0 aromatic rings. The Kier molecular flexibility index (Phi) is 9.70. The van der Waals surface area contributed by atoms with Crippen LogP contribution in [0.15, 0.2) is 0 Å². The quantitative estimate of drug-likeness (QED) is 0.386. The molecule has 0 aromatic carbocycles. The Labute approximate surface area is 174 Å². The molecule has 0 unspecified atom stereocenters. The molecule has 0 aliphatic carbocycles. The summed E-state index contributed by atoms with van der Waals surface area (Å²) in [7, 11) is 1.23. The number of ether oxygens (including phenoxy) is 6. The zero-order valence-corrected chi connectivity index (χ0v) is 17.9. The van der Waals surface area contributed by atoms with Crippen molar-refractivity contribution in [3.8, 4) is 0 Å². The lowest BCUT2D eigenvalue weighted by molar-refractivity contribution is -0.254. The van der Waals surface area contributed by atoms with Crippen LogP contribution in [-0.4, -0.2) is 74.1 Å². The first kappa shape index (κ1) is 25.3. The molecule has 0 amide bonds. The predicted octanol–water partition coefficient (Wildman–Crippen LogP) is 0.311. The molecule has 0 radical (unpaired) electrons. The molecule has 30 heavy (non-hydrogen) atoms. The zero-order valence-electron chi connectivity index (χ0n) is 17.9. The van der Waals surface area contributed by atoms with Crippen molar-refractivity contribution in [1.82, 2.24) is 0 Å². The maximum Gasteiger partial charge on any atom is 0.308 e. The highest BCUT2D eigenvalue weighted by molar-refractivity contribution is 5.72. The summed E-state index contributed by atoms with van der Waals surface area (Å²) in [5.74, 6) is -3.92. The third-order valence-electron chi connectivity index (χ3n) is 4.28. The predicted molar refractivity (Wildman–Crippen MR) is 97.8 cm³/mol. The average molecular weight is 432 g/mol. The van der Waals surface area contributed by atoms with Gasteiger partial charge in [-0.05, 0) is 6.42 Å². The molecule has 0 spiro atoms. The van der Waals surface area contributed by atoms with Gasteiger partial charge in [0.15, 0.2) is 18.3 Å². The van der Waals surface area contributed by atoms with E-state index in [4.69, 9.17) is 28.4 Å². The Morgan fingerprint density at radius 3 is 1.67 bits per heavy atom. The third-order valence-corrected chi connectivity index (χ3v) is 4.28. The SMILES string of the molecule is COC(=O)[C@@H](C)C[C@H]1O[C@H](COC(C)=O)[C@@H](OC(C)=O)[C@H](OC(C)=O)[C@H]1OC(C)=O. The van der Waals surface area contributed by atoms with E-state index < -0.39 is 66.3 Å². The van der Waals surface area contributed by atoms with Gasteiger partial charge in [0.2, 0.25) is 0 Å². The summed E-state index contributed by atoms with van der Waals surface area (Å²) >= 11 is 0. The summed E-state index contributed by atoms with van der Waals surface area (Å²) in [6.45, 7) is 5.88. The Bertz CT molecular complexity index is 659. The van der Waals surface area contributed by atoms with E-state index in [2.05, 4.69) is 0 Å². The molecule has 1 fully saturated rings. The Morgan fingerprint density at radius 1 is 0.767 bits per heavy atom. The Hall–Kier alpha value is -2.69. The second kappa shape index (κ2) is 11.5. The largest absolute Gasteiger partial charge is 0.469 e. The van der Waals surface area contributed by atoms with Crippen LogP contribution in [0.2, 0.25) is 0 Å². The molecule has 11 nitrogen and oxygen atoms in total. The highest BCUT2D eigenvalue weighted by atomic mass is 16.7. The number of hydrogen-bond acceptors (Lipinski definition) is 11. The fourth-order valence-electron chi connectivity index (χ4n) is 3.15. The van der Waals surface area contributed by atoms with Crippen molar-refractivity contribution in [3.05, 3.63) is 0 Å². The molecule has 11 heteroatoms. The van der Waals surface area contributed by atoms with Crippen molar-refractivity contribution >= 4 is 29.8 Å². The lowest BCUT2D eigenvalue weighted by Crippen LogP contribution is -2.62. The lowest BCUT2D eigenvalue weighted by atomic mass is 9.89. The first-order valence-corrected chi connectivity index (χ1v) is 9.34. The van der Waals surface area contributed by atoms with Gasteiger partial charge in [-0.25, -0.2) is 0 Å². The molecule has 1 aliphatic rings. The van der Waals surface area contributed by atoms with Crippen LogP contribution in [0.5, 0.6) is 0 Å². The van der Waals surface area contributed by atoms with Crippen molar-refractivity contribution < 1.29 is 52.4 Å². The van der Waals surface area contributed by atoms with E-state index in [0.29, 0.717) is 0 Å². The van der Waals surface area contributed by atoms with Gasteiger partial charge in [0.1, 0.15) is 12.7 Å². The molecular weight excluding hydrogens is 404 g/mol. The molecular formula is C19H28O11. The van der Waals surface area contributed by atoms with Gasteiger partial charge < -0.3 is 28.4 Å². The van der Waals surface area contributed by atoms with Crippen molar-refractivity contribution in [2.75, 3.05) is 13.7 Å². The highest BCUT2D eigenvalue weighted by Crippen LogP contribution is 2.32. The standard InChI is InChI=1S/C19H28O11/c1-9(19(24)25-6)7-14-16(27-11(3)21)18(29-13(5)23)17(28-12(4)22)15(30-14)8-26-10(2)20/h9,14-18H,7-8H2,1-6H3/t9-,14+,15+,16-,17+,18+/m0/s1. The van der Waals surface area contributed by atoms with Crippen LogP contribution >= 0.6 is 0 Å². The van der Waals surface area contributed by atoms with E-state index in [1.807, 2.05) is 0 Å². The second-order valence-electron chi connectivity index (χ2n) is 6.90. The average Bonchev–Trinajstić information content (AvgIpc) is 2.62. The van der Waals surface area contributed by atoms with Gasteiger partial charge in [-0.1, -0.05) is 6.92 Å². The van der Waals surface area contributed by atoms with E-state index in [1.54, 1.807) is 6.92 Å². The van der Waals surface area contributed by atoms with Crippen LogP contribution in [0, 0.1) is 5.92 Å². The van der Waals surface area contributed by atoms with Crippen molar-refractivity contribution in [2.24, 2.45) is 5.92 Å². The van der Waals surface area contributed by atoms with Gasteiger partial charge in [-0.15, -0.1) is 0 Å². The van der Waals surface area contributed by atoms with Crippen LogP contribution < -0.4 is 0 Å². The summed E-state index contributed by atoms with van der Waals surface area (Å²) in [6, 6.07) is 0. The van der Waals surface area contributed by atoms with Crippen LogP contribution in [0.4, 0.5) is 0 Å². The molecule has 1 heterocycles. The van der Waals surface area contributed by atoms with Gasteiger partial charge in [0.05, 0.1) is 19.1 Å². The molecule has 6 atom stereocenters. The second-order valence-corrected chi connectivity index (χ2v) is 6.90. The smallest absolute Gasteiger partial charge is 0.308 e. The number of hydrogen-bond donors (Lipinski definition) is 0. The molecule has 0 saturated carbocycles. The van der Waals surface area contributed by atoms with Gasteiger partial charge in [0, 0.05) is 27.7 Å². The van der Waals surface area contributed by atoms with Crippen LogP contribution in [0.3, 0.4) is 0 Å². The first-order valence-electron chi connectivity index (χ1n) is 9.34. The number of carbonyl (C=O) groups is 5. The fraction of sp³-hybridized carbons (Fsp3) is 0.737. The summed E-state index contributed by atoms with van der Waals surface area (Å²) in [5.41, 5.74) is 0. The van der Waals surface area contributed by atoms with E-state index >= 15 is 0 Å². The minimum atomic E-state index is -1.25. The normalized spacial score (nSPS) is 26.7. The Morgan fingerprint density at radius 2 is 1.23 bits per heavy atom. The van der Waals surface area contributed by atoms with Gasteiger partial charge >= 0.3 is 29.8 Å². The van der Waals surface area contributed by atoms with Crippen molar-refractivity contribution in [3.63, 3.8) is 0 Å². The van der Waals surface area contributed by atoms with Crippen LogP contribution in [0.25, 0.3) is 0 Å². The minimum absolute atomic E-state index is 0.0335. The summed E-state index contributed by atoms with van der Waals surface area (Å²) in [6.07, 6.45) is -5.61. The summed E-state index contributed by atoms with van der Waals surface area (Å²) in [4.78, 5) is 58.2. The number of esters is 5. The highest BCUT2D eigenvalue weighted by Gasteiger charge is 2.52. The summed E-state index contributed by atoms with van der Waals surface area (Å²) < 4.78 is 31.5. The van der Waals surface area contributed by atoms with E-state index in [0.717, 1.165) is 20.8 Å². The maximum absolute atomic E-state index is 11.9. The van der Waals surface area contributed by atoms with E-state index in [-0.39, 0.29) is 13.0 Å². The molecule has 0 aromatic heterocycles. The number of methoxy groups -OCH3 is 1. The third kappa shape index (κ3) is 7.62. The first-order chi connectivity index (χ1) is 14.0. The Balaban J connectivity index is 3.33. The van der Waals surface area contributed by atoms with Crippen molar-refractivity contribution in [2.45, 2.75) is 71.6 Å². The topological polar surface area (TPSA) is 141 Å². The zero-order chi connectivity index (χ0) is 23.0. The number of carbonyl (C=O) groups excluding carboxylic acids is 5. The van der Waals surface area contributed by atoms with Gasteiger partial charge in [-0.3, -0.25) is 24.0 Å². The minimum Gasteiger partial charge on any atom is -0.469 e. The monoisotopic (exact) mass is 432 g/mol. The van der Waals surface area contributed by atoms with Gasteiger partial charge in [0.25, 0.3) is 0 Å². The van der Waals surface area contributed by atoms with E-state index in [1.165, 1.54) is 14.0 Å². The maximum atomic E-state index is 11.9. The molecule has 170 valence electrons. The van der Waals surface area contributed by atoms with Crippen LogP contribution in [0.1, 0.15) is 41.0 Å². The molecule has 0 N–H and O–H groups in total. The molecule has 1 saturated heterocycles. The summed E-state index contributed by atoms with van der Waals surface area (Å²) in [5, 5.41) is 0. The molecule has 0 bridgehead atoms. The van der Waals surface area contributed by atoms with Crippen molar-refractivity contribution in [1.29, 1.82) is 0 Å². The lowest BCUT2D eigenvalue weighted by Gasteiger charge is -2.45. The van der Waals surface area contributed by atoms with Gasteiger partial charge in [-0.2, -0.15) is 0 Å². The molecule has 1 rings (SSSR count). The molecule has 1 aliphatic heterocycles. The number of rotatable bonds is 8.